The van der Waals surface area contributed by atoms with E-state index in [9.17, 15) is 4.79 Å². The van der Waals surface area contributed by atoms with Crippen molar-refractivity contribution < 1.29 is 9.53 Å². The molecule has 2 aromatic heterocycles. The quantitative estimate of drug-likeness (QED) is 0.680. The van der Waals surface area contributed by atoms with E-state index >= 15 is 0 Å². The number of pyridine rings is 1. The van der Waals surface area contributed by atoms with Crippen LogP contribution >= 0.6 is 0 Å². The first-order valence-corrected chi connectivity index (χ1v) is 6.03. The van der Waals surface area contributed by atoms with Gasteiger partial charge in [0.05, 0.1) is 7.11 Å². The van der Waals surface area contributed by atoms with E-state index in [4.69, 9.17) is 4.74 Å². The molecule has 0 aliphatic carbocycles. The zero-order chi connectivity index (χ0) is 13.9. The predicted octanol–water partition coefficient (Wildman–Crippen LogP) is 2.26. The summed E-state index contributed by atoms with van der Waals surface area (Å²) in [6.07, 6.45) is 4.71. The molecule has 0 spiro atoms. The molecular weight excluding hydrogens is 254 g/mol. The highest BCUT2D eigenvalue weighted by atomic mass is 16.5. The molecule has 2 heterocycles. The Labute approximate surface area is 115 Å². The minimum atomic E-state index is -0.164. The van der Waals surface area contributed by atoms with Crippen molar-refractivity contribution in [3.63, 3.8) is 0 Å². The van der Waals surface area contributed by atoms with Crippen molar-refractivity contribution in [2.24, 2.45) is 0 Å². The Morgan fingerprint density at radius 2 is 2.10 bits per heavy atom. The molecule has 0 atom stereocenters. The lowest BCUT2D eigenvalue weighted by atomic mass is 10.0. The standard InChI is InChI=1S/C15H11N3O2/c1-20-14-7-13(17-9-18-14)15(19)12-4-2-3-10-8-16-6-5-11(10)12/h2-9H,1H3. The second-order valence-corrected chi connectivity index (χ2v) is 4.18. The number of hydrogen-bond donors (Lipinski definition) is 0. The van der Waals surface area contributed by atoms with Gasteiger partial charge in [0.25, 0.3) is 0 Å². The van der Waals surface area contributed by atoms with Crippen LogP contribution in [0.3, 0.4) is 0 Å². The van der Waals surface area contributed by atoms with Crippen LogP contribution in [0.5, 0.6) is 5.88 Å². The third kappa shape index (κ3) is 2.09. The molecule has 20 heavy (non-hydrogen) atoms. The summed E-state index contributed by atoms with van der Waals surface area (Å²) in [5.74, 6) is 0.202. The monoisotopic (exact) mass is 265 g/mol. The third-order valence-corrected chi connectivity index (χ3v) is 3.01. The van der Waals surface area contributed by atoms with Gasteiger partial charge in [0, 0.05) is 29.4 Å². The van der Waals surface area contributed by atoms with Crippen LogP contribution in [-0.4, -0.2) is 27.8 Å². The van der Waals surface area contributed by atoms with Crippen LogP contribution in [0.15, 0.2) is 49.1 Å². The number of nitrogens with zero attached hydrogens (tertiary/aromatic N) is 3. The Balaban J connectivity index is 2.12. The Bertz CT molecular complexity index is 781. The highest BCUT2D eigenvalue weighted by Crippen LogP contribution is 2.20. The van der Waals surface area contributed by atoms with Gasteiger partial charge < -0.3 is 4.74 Å². The minimum Gasteiger partial charge on any atom is -0.481 e. The van der Waals surface area contributed by atoms with E-state index in [1.165, 1.54) is 19.5 Å². The Kier molecular flexibility index (Phi) is 3.09. The Morgan fingerprint density at radius 1 is 1.20 bits per heavy atom. The van der Waals surface area contributed by atoms with Crippen LogP contribution in [0, 0.1) is 0 Å². The molecule has 5 nitrogen and oxygen atoms in total. The largest absolute Gasteiger partial charge is 0.481 e. The van der Waals surface area contributed by atoms with Crippen molar-refractivity contribution in [3.05, 3.63) is 60.3 Å². The van der Waals surface area contributed by atoms with Crippen molar-refractivity contribution in [1.29, 1.82) is 0 Å². The first kappa shape index (κ1) is 12.2. The molecule has 5 heteroatoms. The number of fused-ring (bicyclic) bond motifs is 1. The van der Waals surface area contributed by atoms with E-state index in [0.717, 1.165) is 10.8 Å². The van der Waals surface area contributed by atoms with E-state index in [2.05, 4.69) is 15.0 Å². The van der Waals surface area contributed by atoms with Crippen LogP contribution in [-0.2, 0) is 0 Å². The molecule has 0 aliphatic heterocycles. The number of carbonyl (C=O) groups is 1. The molecule has 0 N–H and O–H groups in total. The molecule has 3 rings (SSSR count). The van der Waals surface area contributed by atoms with E-state index in [1.54, 1.807) is 18.5 Å². The summed E-state index contributed by atoms with van der Waals surface area (Å²) in [7, 11) is 1.50. The van der Waals surface area contributed by atoms with Gasteiger partial charge in [0.2, 0.25) is 11.7 Å². The number of ether oxygens (including phenoxy) is 1. The summed E-state index contributed by atoms with van der Waals surface area (Å²) in [5.41, 5.74) is 0.895. The van der Waals surface area contributed by atoms with Crippen LogP contribution in [0.25, 0.3) is 10.8 Å². The number of methoxy groups -OCH3 is 1. The molecule has 0 aliphatic rings. The predicted molar refractivity (Wildman–Crippen MR) is 73.8 cm³/mol. The lowest BCUT2D eigenvalue weighted by Crippen LogP contribution is -2.06. The molecule has 0 saturated carbocycles. The van der Waals surface area contributed by atoms with Crippen molar-refractivity contribution in [3.8, 4) is 5.88 Å². The van der Waals surface area contributed by atoms with Gasteiger partial charge in [-0.2, -0.15) is 0 Å². The van der Waals surface area contributed by atoms with Gasteiger partial charge in [-0.15, -0.1) is 0 Å². The maximum absolute atomic E-state index is 12.6. The van der Waals surface area contributed by atoms with Crippen molar-refractivity contribution in [2.45, 2.75) is 0 Å². The van der Waals surface area contributed by atoms with Gasteiger partial charge in [0.15, 0.2) is 0 Å². The minimum absolute atomic E-state index is 0.164. The molecule has 0 saturated heterocycles. The lowest BCUT2D eigenvalue weighted by molar-refractivity contribution is 0.103. The first-order valence-electron chi connectivity index (χ1n) is 6.03. The molecule has 0 bridgehead atoms. The number of rotatable bonds is 3. The van der Waals surface area contributed by atoms with E-state index in [1.807, 2.05) is 18.2 Å². The van der Waals surface area contributed by atoms with Crippen LogP contribution < -0.4 is 4.74 Å². The lowest BCUT2D eigenvalue weighted by Gasteiger charge is -2.05. The zero-order valence-electron chi connectivity index (χ0n) is 10.8. The number of aromatic nitrogens is 3. The summed E-state index contributed by atoms with van der Waals surface area (Å²) in [4.78, 5) is 24.5. The summed E-state index contributed by atoms with van der Waals surface area (Å²) < 4.78 is 5.02. The van der Waals surface area contributed by atoms with Crippen LogP contribution in [0.1, 0.15) is 16.1 Å². The number of ketones is 1. The Morgan fingerprint density at radius 3 is 2.95 bits per heavy atom. The first-order chi connectivity index (χ1) is 9.79. The van der Waals surface area contributed by atoms with Gasteiger partial charge in [-0.1, -0.05) is 18.2 Å². The van der Waals surface area contributed by atoms with Crippen molar-refractivity contribution >= 4 is 16.6 Å². The van der Waals surface area contributed by atoms with Gasteiger partial charge in [0.1, 0.15) is 12.0 Å². The van der Waals surface area contributed by atoms with E-state index in [0.29, 0.717) is 17.1 Å². The second-order valence-electron chi connectivity index (χ2n) is 4.18. The zero-order valence-corrected chi connectivity index (χ0v) is 10.8. The highest BCUT2D eigenvalue weighted by Gasteiger charge is 2.14. The number of benzene rings is 1. The van der Waals surface area contributed by atoms with Gasteiger partial charge in [-0.25, -0.2) is 9.97 Å². The molecule has 0 unspecified atom stereocenters. The molecule has 0 fully saturated rings. The molecular formula is C15H11N3O2. The van der Waals surface area contributed by atoms with Gasteiger partial charge in [-0.05, 0) is 11.5 Å². The topological polar surface area (TPSA) is 65.0 Å². The summed E-state index contributed by atoms with van der Waals surface area (Å²) in [5, 5.41) is 1.77. The molecule has 0 radical (unpaired) electrons. The molecule has 0 amide bonds. The van der Waals surface area contributed by atoms with Crippen molar-refractivity contribution in [1.82, 2.24) is 15.0 Å². The average molecular weight is 265 g/mol. The average Bonchev–Trinajstić information content (AvgIpc) is 2.53. The SMILES string of the molecule is COc1cc(C(=O)c2cccc3cnccc23)ncn1. The maximum Gasteiger partial charge on any atom is 0.216 e. The number of carbonyl (C=O) groups excluding carboxylic acids is 1. The van der Waals surface area contributed by atoms with Crippen LogP contribution in [0.2, 0.25) is 0 Å². The van der Waals surface area contributed by atoms with E-state index in [-0.39, 0.29) is 5.78 Å². The van der Waals surface area contributed by atoms with Gasteiger partial charge >= 0.3 is 0 Å². The number of hydrogen-bond acceptors (Lipinski definition) is 5. The van der Waals surface area contributed by atoms with Gasteiger partial charge in [-0.3, -0.25) is 9.78 Å². The normalized spacial score (nSPS) is 10.4. The fourth-order valence-corrected chi connectivity index (χ4v) is 2.03. The molecule has 3 aromatic rings. The van der Waals surface area contributed by atoms with Crippen LogP contribution in [0.4, 0.5) is 0 Å². The van der Waals surface area contributed by atoms with Crippen molar-refractivity contribution in [2.75, 3.05) is 7.11 Å². The highest BCUT2D eigenvalue weighted by molar-refractivity contribution is 6.15. The fraction of sp³-hybridized carbons (Fsp3) is 0.0667. The fourth-order valence-electron chi connectivity index (χ4n) is 2.03. The second kappa shape index (κ2) is 5.05. The smallest absolute Gasteiger partial charge is 0.216 e. The summed E-state index contributed by atoms with van der Waals surface area (Å²) in [6, 6.07) is 8.87. The van der Waals surface area contributed by atoms with E-state index < -0.39 is 0 Å². The summed E-state index contributed by atoms with van der Waals surface area (Å²) in [6.45, 7) is 0. The summed E-state index contributed by atoms with van der Waals surface area (Å²) >= 11 is 0. The maximum atomic E-state index is 12.6. The Hall–Kier alpha value is -2.82. The molecule has 98 valence electrons. The molecule has 1 aromatic carbocycles. The third-order valence-electron chi connectivity index (χ3n) is 3.01.